The number of hydrogen-bond acceptors (Lipinski definition) is 6. The number of carbonyl (C=O) groups is 3. The van der Waals surface area contributed by atoms with Gasteiger partial charge in [-0.3, -0.25) is 14.8 Å². The molecule has 3 N–H and O–H groups in total. The number of imide groups is 1. The molecule has 166 valence electrons. The van der Waals surface area contributed by atoms with Crippen LogP contribution in [-0.4, -0.2) is 39.0 Å². The first kappa shape index (κ1) is 23.8. The summed E-state index contributed by atoms with van der Waals surface area (Å²) in [6.45, 7) is 4.77. The fraction of sp³-hybridized carbons (Fsp3) is 0.250. The average molecular weight is 451 g/mol. The standard InChI is InChI=1S/C20H22FN3O6S/c1-4-22-20(27)23-18(25)13(3)30-19(26)14-6-5-7-15(10-14)24-31(28,29)16-9-8-12(2)17(21)11-16/h5-11,13,24H,4H2,1-3H3,(H2,22,23,25,27). The first-order valence-corrected chi connectivity index (χ1v) is 10.7. The van der Waals surface area contributed by atoms with Crippen LogP contribution in [0.2, 0.25) is 0 Å². The Morgan fingerprint density at radius 3 is 2.48 bits per heavy atom. The van der Waals surface area contributed by atoms with E-state index < -0.39 is 39.9 Å². The van der Waals surface area contributed by atoms with Gasteiger partial charge in [-0.05, 0) is 56.7 Å². The minimum Gasteiger partial charge on any atom is -0.449 e. The number of nitrogens with one attached hydrogen (secondary N) is 3. The smallest absolute Gasteiger partial charge is 0.338 e. The van der Waals surface area contributed by atoms with Crippen molar-refractivity contribution >= 4 is 33.6 Å². The number of aryl methyl sites for hydroxylation is 1. The van der Waals surface area contributed by atoms with Crippen molar-refractivity contribution in [2.45, 2.75) is 31.8 Å². The third kappa shape index (κ3) is 6.51. The summed E-state index contributed by atoms with van der Waals surface area (Å²) in [6.07, 6.45) is -1.27. The molecule has 2 aromatic rings. The summed E-state index contributed by atoms with van der Waals surface area (Å²) in [6, 6.07) is 8.13. The molecule has 0 bridgehead atoms. The first-order chi connectivity index (χ1) is 14.5. The summed E-state index contributed by atoms with van der Waals surface area (Å²) in [7, 11) is -4.10. The molecular formula is C20H22FN3O6S. The number of carbonyl (C=O) groups excluding carboxylic acids is 3. The van der Waals surface area contributed by atoms with Crippen molar-refractivity contribution < 1.29 is 31.9 Å². The molecule has 0 saturated heterocycles. The number of anilines is 1. The highest BCUT2D eigenvalue weighted by molar-refractivity contribution is 7.92. The van der Waals surface area contributed by atoms with E-state index in [1.807, 2.05) is 5.32 Å². The van der Waals surface area contributed by atoms with Gasteiger partial charge in [0.15, 0.2) is 6.10 Å². The molecule has 2 aromatic carbocycles. The fourth-order valence-electron chi connectivity index (χ4n) is 2.36. The van der Waals surface area contributed by atoms with E-state index in [1.54, 1.807) is 6.92 Å². The molecule has 0 aliphatic rings. The van der Waals surface area contributed by atoms with E-state index in [-0.39, 0.29) is 16.1 Å². The predicted molar refractivity (Wildman–Crippen MR) is 110 cm³/mol. The van der Waals surface area contributed by atoms with E-state index in [4.69, 9.17) is 4.74 Å². The molecular weight excluding hydrogens is 429 g/mol. The van der Waals surface area contributed by atoms with Crippen molar-refractivity contribution in [2.24, 2.45) is 0 Å². The van der Waals surface area contributed by atoms with Crippen LogP contribution in [0.3, 0.4) is 0 Å². The van der Waals surface area contributed by atoms with Crippen LogP contribution < -0.4 is 15.4 Å². The van der Waals surface area contributed by atoms with Crippen LogP contribution in [0.15, 0.2) is 47.4 Å². The third-order valence-corrected chi connectivity index (χ3v) is 5.41. The Morgan fingerprint density at radius 1 is 1.13 bits per heavy atom. The van der Waals surface area contributed by atoms with E-state index in [0.717, 1.165) is 6.07 Å². The topological polar surface area (TPSA) is 131 Å². The molecule has 0 saturated carbocycles. The number of hydrogen-bond donors (Lipinski definition) is 3. The van der Waals surface area contributed by atoms with Crippen LogP contribution in [0.4, 0.5) is 14.9 Å². The maximum Gasteiger partial charge on any atom is 0.338 e. The Balaban J connectivity index is 2.10. The Bertz CT molecular complexity index is 1100. The second kappa shape index (κ2) is 10.0. The van der Waals surface area contributed by atoms with Crippen molar-refractivity contribution in [2.75, 3.05) is 11.3 Å². The summed E-state index contributed by atoms with van der Waals surface area (Å²) >= 11 is 0. The van der Waals surface area contributed by atoms with E-state index >= 15 is 0 Å². The quantitative estimate of drug-likeness (QED) is 0.554. The minimum atomic E-state index is -4.10. The fourth-order valence-corrected chi connectivity index (χ4v) is 3.43. The SMILES string of the molecule is CCNC(=O)NC(=O)C(C)OC(=O)c1cccc(NS(=O)(=O)c2ccc(C)c(F)c2)c1. The maximum atomic E-state index is 13.7. The number of ether oxygens (including phenoxy) is 1. The highest BCUT2D eigenvalue weighted by Crippen LogP contribution is 2.20. The lowest BCUT2D eigenvalue weighted by Gasteiger charge is -2.14. The van der Waals surface area contributed by atoms with Crippen LogP contribution >= 0.6 is 0 Å². The molecule has 9 nitrogen and oxygen atoms in total. The molecule has 0 aromatic heterocycles. The van der Waals surface area contributed by atoms with Crippen LogP contribution in [0, 0.1) is 12.7 Å². The second-order valence-corrected chi connectivity index (χ2v) is 8.18. The van der Waals surface area contributed by atoms with Gasteiger partial charge in [-0.2, -0.15) is 0 Å². The summed E-state index contributed by atoms with van der Waals surface area (Å²) < 4.78 is 46.0. The zero-order chi connectivity index (χ0) is 23.2. The molecule has 3 amide bonds. The Labute approximate surface area is 179 Å². The number of rotatable bonds is 7. The van der Waals surface area contributed by atoms with Crippen molar-refractivity contribution in [1.82, 2.24) is 10.6 Å². The zero-order valence-electron chi connectivity index (χ0n) is 17.1. The third-order valence-electron chi connectivity index (χ3n) is 4.03. The highest BCUT2D eigenvalue weighted by atomic mass is 32.2. The molecule has 0 spiro atoms. The van der Waals surface area contributed by atoms with Crippen LogP contribution in [0.5, 0.6) is 0 Å². The zero-order valence-corrected chi connectivity index (χ0v) is 17.9. The van der Waals surface area contributed by atoms with Crippen LogP contribution in [-0.2, 0) is 19.6 Å². The minimum absolute atomic E-state index is 0.0343. The first-order valence-electron chi connectivity index (χ1n) is 9.22. The van der Waals surface area contributed by atoms with E-state index in [9.17, 15) is 27.2 Å². The van der Waals surface area contributed by atoms with Gasteiger partial charge in [-0.1, -0.05) is 12.1 Å². The molecule has 0 aliphatic carbocycles. The lowest BCUT2D eigenvalue weighted by Crippen LogP contribution is -2.44. The van der Waals surface area contributed by atoms with Gasteiger partial charge in [0.25, 0.3) is 15.9 Å². The van der Waals surface area contributed by atoms with Crippen LogP contribution in [0.1, 0.15) is 29.8 Å². The molecule has 0 fully saturated rings. The molecule has 1 unspecified atom stereocenters. The number of amides is 3. The number of urea groups is 1. The number of halogens is 1. The lowest BCUT2D eigenvalue weighted by atomic mass is 10.2. The van der Waals surface area contributed by atoms with Gasteiger partial charge < -0.3 is 10.1 Å². The summed E-state index contributed by atoms with van der Waals surface area (Å²) in [5.41, 5.74) is 0.303. The normalized spacial score (nSPS) is 11.9. The number of esters is 1. The average Bonchev–Trinajstić information content (AvgIpc) is 2.69. The second-order valence-electron chi connectivity index (χ2n) is 6.49. The maximum absolute atomic E-state index is 13.7. The van der Waals surface area contributed by atoms with Crippen LogP contribution in [0.25, 0.3) is 0 Å². The van der Waals surface area contributed by atoms with E-state index in [0.29, 0.717) is 12.1 Å². The van der Waals surface area contributed by atoms with Gasteiger partial charge in [0.1, 0.15) is 5.82 Å². The molecule has 1 atom stereocenters. The van der Waals surface area contributed by atoms with Gasteiger partial charge >= 0.3 is 12.0 Å². The predicted octanol–water partition coefficient (Wildman–Crippen LogP) is 2.33. The monoisotopic (exact) mass is 451 g/mol. The molecule has 31 heavy (non-hydrogen) atoms. The largest absolute Gasteiger partial charge is 0.449 e. The van der Waals surface area contributed by atoms with Gasteiger partial charge in [0.2, 0.25) is 0 Å². The summed E-state index contributed by atoms with van der Waals surface area (Å²) in [5.74, 6) is -2.39. The molecule has 2 rings (SSSR count). The summed E-state index contributed by atoms with van der Waals surface area (Å²) in [4.78, 5) is 35.3. The van der Waals surface area contributed by atoms with Gasteiger partial charge in [-0.15, -0.1) is 0 Å². The Hall–Kier alpha value is -3.47. The molecule has 0 aliphatic heterocycles. The van der Waals surface area contributed by atoms with E-state index in [2.05, 4.69) is 10.0 Å². The molecule has 0 heterocycles. The van der Waals surface area contributed by atoms with E-state index in [1.165, 1.54) is 50.2 Å². The van der Waals surface area contributed by atoms with Gasteiger partial charge in [0.05, 0.1) is 10.5 Å². The van der Waals surface area contributed by atoms with Crippen molar-refractivity contribution in [3.05, 3.63) is 59.4 Å². The number of benzene rings is 2. The van der Waals surface area contributed by atoms with Crippen molar-refractivity contribution in [3.8, 4) is 0 Å². The number of sulfonamides is 1. The molecule has 11 heteroatoms. The van der Waals surface area contributed by atoms with Gasteiger partial charge in [0, 0.05) is 12.2 Å². The van der Waals surface area contributed by atoms with Gasteiger partial charge in [-0.25, -0.2) is 22.4 Å². The highest BCUT2D eigenvalue weighted by Gasteiger charge is 2.21. The Kier molecular flexibility index (Phi) is 7.70. The summed E-state index contributed by atoms with van der Waals surface area (Å²) in [5, 5.41) is 4.38. The Morgan fingerprint density at radius 2 is 1.84 bits per heavy atom. The van der Waals surface area contributed by atoms with Crippen molar-refractivity contribution in [3.63, 3.8) is 0 Å². The lowest BCUT2D eigenvalue weighted by molar-refractivity contribution is -0.127. The van der Waals surface area contributed by atoms with Crippen molar-refractivity contribution in [1.29, 1.82) is 0 Å². The molecule has 0 radical (unpaired) electrons.